The summed E-state index contributed by atoms with van der Waals surface area (Å²) in [7, 11) is 1.50. The summed E-state index contributed by atoms with van der Waals surface area (Å²) in [5.74, 6) is -0.804. The molecule has 1 aliphatic rings. The number of rotatable bonds is 4. The first kappa shape index (κ1) is 15.3. The van der Waals surface area contributed by atoms with Crippen LogP contribution in [0.15, 0.2) is 17.9 Å². The fourth-order valence-corrected chi connectivity index (χ4v) is 3.24. The minimum absolute atomic E-state index is 0.0341. The molecule has 0 amide bonds. The van der Waals surface area contributed by atoms with Crippen LogP contribution < -0.4 is 0 Å². The minimum Gasteiger partial charge on any atom is -0.500 e. The van der Waals surface area contributed by atoms with Crippen LogP contribution in [0, 0.1) is 26.7 Å². The third-order valence-electron chi connectivity index (χ3n) is 3.90. The van der Waals surface area contributed by atoms with Gasteiger partial charge < -0.3 is 9.84 Å². The summed E-state index contributed by atoms with van der Waals surface area (Å²) in [5.41, 5.74) is 4.61. The van der Waals surface area contributed by atoms with Gasteiger partial charge in [0.15, 0.2) is 5.78 Å². The second-order valence-corrected chi connectivity index (χ2v) is 5.64. The number of benzene rings is 1. The van der Waals surface area contributed by atoms with Crippen molar-refractivity contribution < 1.29 is 19.4 Å². The molecule has 4 nitrogen and oxygen atoms in total. The summed E-state index contributed by atoms with van der Waals surface area (Å²) >= 11 is 0. The number of carboxylic acid groups (broad SMARTS) is 1. The van der Waals surface area contributed by atoms with Crippen LogP contribution in [0.3, 0.4) is 0 Å². The number of carbonyl (C=O) groups is 2. The van der Waals surface area contributed by atoms with Crippen molar-refractivity contribution in [1.29, 1.82) is 0 Å². The predicted octanol–water partition coefficient (Wildman–Crippen LogP) is 3.03. The number of methoxy groups -OCH3 is 1. The monoisotopic (exact) mass is 288 g/mol. The molecule has 0 heterocycles. The number of Topliss-reactive ketones (excluding diaryl/α,β-unsaturated/α-hetero) is 1. The van der Waals surface area contributed by atoms with Crippen molar-refractivity contribution in [2.24, 2.45) is 5.92 Å². The summed E-state index contributed by atoms with van der Waals surface area (Å²) in [5, 5.41) is 8.99. The molecule has 0 bridgehead atoms. The fourth-order valence-electron chi connectivity index (χ4n) is 3.24. The number of aryl methyl sites for hydroxylation is 3. The molecular formula is C17H20O4. The Morgan fingerprint density at radius 2 is 1.86 bits per heavy atom. The molecule has 1 unspecified atom stereocenters. The van der Waals surface area contributed by atoms with E-state index in [4.69, 9.17) is 9.84 Å². The van der Waals surface area contributed by atoms with E-state index in [0.29, 0.717) is 11.3 Å². The number of hydrogen-bond donors (Lipinski definition) is 1. The van der Waals surface area contributed by atoms with Gasteiger partial charge in [-0.25, -0.2) is 0 Å². The van der Waals surface area contributed by atoms with Gasteiger partial charge in [-0.05, 0) is 37.5 Å². The number of carbonyl (C=O) groups excluding carboxylic acids is 1. The molecule has 0 aromatic heterocycles. The van der Waals surface area contributed by atoms with Gasteiger partial charge in [0.1, 0.15) is 5.76 Å². The second kappa shape index (κ2) is 5.72. The van der Waals surface area contributed by atoms with Gasteiger partial charge >= 0.3 is 5.97 Å². The van der Waals surface area contributed by atoms with Gasteiger partial charge in [-0.3, -0.25) is 9.59 Å². The maximum Gasteiger partial charge on any atom is 0.304 e. The topological polar surface area (TPSA) is 63.6 Å². The van der Waals surface area contributed by atoms with E-state index < -0.39 is 5.97 Å². The van der Waals surface area contributed by atoms with Crippen molar-refractivity contribution in [3.63, 3.8) is 0 Å². The Bertz CT molecular complexity index is 617. The molecule has 1 aromatic rings. The minimum atomic E-state index is -0.916. The van der Waals surface area contributed by atoms with Crippen molar-refractivity contribution in [3.05, 3.63) is 40.1 Å². The summed E-state index contributed by atoms with van der Waals surface area (Å²) < 4.78 is 5.40. The van der Waals surface area contributed by atoms with Gasteiger partial charge in [0.05, 0.1) is 19.1 Å². The Morgan fingerprint density at radius 3 is 2.33 bits per heavy atom. The number of ketones is 1. The van der Waals surface area contributed by atoms with Gasteiger partial charge in [-0.2, -0.15) is 0 Å². The van der Waals surface area contributed by atoms with Crippen molar-refractivity contribution in [1.82, 2.24) is 0 Å². The first-order chi connectivity index (χ1) is 9.85. The largest absolute Gasteiger partial charge is 0.500 e. The Hall–Kier alpha value is -2.10. The highest BCUT2D eigenvalue weighted by Crippen LogP contribution is 2.40. The van der Waals surface area contributed by atoms with Crippen LogP contribution in [0.25, 0.3) is 5.57 Å². The summed E-state index contributed by atoms with van der Waals surface area (Å²) in [6, 6.07) is 4.06. The van der Waals surface area contributed by atoms with E-state index in [2.05, 4.69) is 0 Å². The molecule has 0 aliphatic heterocycles. The lowest BCUT2D eigenvalue weighted by Gasteiger charge is -2.15. The SMILES string of the molecule is COC1=C(c2c(C)cc(C)cc2C)C(=O)CC1CC(=O)O. The number of ether oxygens (including phenoxy) is 1. The van der Waals surface area contributed by atoms with Gasteiger partial charge in [0, 0.05) is 12.3 Å². The zero-order chi connectivity index (χ0) is 15.7. The molecule has 1 aromatic carbocycles. The lowest BCUT2D eigenvalue weighted by Crippen LogP contribution is -2.09. The van der Waals surface area contributed by atoms with E-state index in [1.54, 1.807) is 0 Å². The lowest BCUT2D eigenvalue weighted by atomic mass is 9.92. The molecule has 21 heavy (non-hydrogen) atoms. The first-order valence-corrected chi connectivity index (χ1v) is 6.96. The maximum atomic E-state index is 12.4. The van der Waals surface area contributed by atoms with E-state index in [1.165, 1.54) is 7.11 Å². The third-order valence-corrected chi connectivity index (χ3v) is 3.90. The van der Waals surface area contributed by atoms with Crippen LogP contribution in [0.4, 0.5) is 0 Å². The molecule has 0 saturated carbocycles. The second-order valence-electron chi connectivity index (χ2n) is 5.64. The molecule has 4 heteroatoms. The number of allylic oxidation sites excluding steroid dienone is 2. The summed E-state index contributed by atoms with van der Waals surface area (Å²) in [6.07, 6.45) is 0.125. The predicted molar refractivity (Wildman–Crippen MR) is 79.9 cm³/mol. The molecule has 0 radical (unpaired) electrons. The van der Waals surface area contributed by atoms with Crippen LogP contribution in [0.5, 0.6) is 0 Å². The molecule has 2 rings (SSSR count). The van der Waals surface area contributed by atoms with Crippen LogP contribution >= 0.6 is 0 Å². The van der Waals surface area contributed by atoms with Gasteiger partial charge in [0.25, 0.3) is 0 Å². The Morgan fingerprint density at radius 1 is 1.29 bits per heavy atom. The first-order valence-electron chi connectivity index (χ1n) is 6.96. The quantitative estimate of drug-likeness (QED) is 0.925. The number of carboxylic acids is 1. The molecular weight excluding hydrogens is 268 g/mol. The average Bonchev–Trinajstić information content (AvgIpc) is 2.63. The van der Waals surface area contributed by atoms with Crippen LogP contribution in [-0.4, -0.2) is 24.0 Å². The Kier molecular flexibility index (Phi) is 4.16. The molecule has 1 N–H and O–H groups in total. The smallest absolute Gasteiger partial charge is 0.304 e. The van der Waals surface area contributed by atoms with Crippen molar-refractivity contribution in [2.45, 2.75) is 33.6 Å². The lowest BCUT2D eigenvalue weighted by molar-refractivity contribution is -0.138. The van der Waals surface area contributed by atoms with E-state index >= 15 is 0 Å². The molecule has 1 aliphatic carbocycles. The van der Waals surface area contributed by atoms with Crippen LogP contribution in [0.2, 0.25) is 0 Å². The number of aliphatic carboxylic acids is 1. The highest BCUT2D eigenvalue weighted by atomic mass is 16.5. The zero-order valence-electron chi connectivity index (χ0n) is 12.8. The van der Waals surface area contributed by atoms with Crippen LogP contribution in [-0.2, 0) is 14.3 Å². The standard InChI is InChI=1S/C17H20O4/c1-9-5-10(2)15(11(3)6-9)16-13(18)7-12(8-14(19)20)17(16)21-4/h5-6,12H,7-8H2,1-4H3,(H,19,20). The summed E-state index contributed by atoms with van der Waals surface area (Å²) in [4.78, 5) is 23.4. The molecule has 112 valence electrons. The number of hydrogen-bond acceptors (Lipinski definition) is 3. The zero-order valence-corrected chi connectivity index (χ0v) is 12.8. The Labute approximate surface area is 124 Å². The van der Waals surface area contributed by atoms with E-state index in [9.17, 15) is 9.59 Å². The maximum absolute atomic E-state index is 12.4. The highest BCUT2D eigenvalue weighted by Gasteiger charge is 2.36. The van der Waals surface area contributed by atoms with E-state index in [1.807, 2.05) is 32.9 Å². The van der Waals surface area contributed by atoms with E-state index in [0.717, 1.165) is 22.3 Å². The average molecular weight is 288 g/mol. The van der Waals surface area contributed by atoms with Crippen LogP contribution in [0.1, 0.15) is 35.1 Å². The van der Waals surface area contributed by atoms with Gasteiger partial charge in [0.2, 0.25) is 0 Å². The third kappa shape index (κ3) is 2.84. The normalized spacial score (nSPS) is 18.3. The van der Waals surface area contributed by atoms with Crippen molar-refractivity contribution in [3.8, 4) is 0 Å². The Balaban J connectivity index is 2.59. The van der Waals surface area contributed by atoms with Crippen molar-refractivity contribution >= 4 is 17.3 Å². The van der Waals surface area contributed by atoms with Crippen molar-refractivity contribution in [2.75, 3.05) is 7.11 Å². The molecule has 0 spiro atoms. The highest BCUT2D eigenvalue weighted by molar-refractivity contribution is 6.24. The molecule has 0 saturated heterocycles. The molecule has 0 fully saturated rings. The summed E-state index contributed by atoms with van der Waals surface area (Å²) in [6.45, 7) is 5.94. The fraction of sp³-hybridized carbons (Fsp3) is 0.412. The molecule has 1 atom stereocenters. The van der Waals surface area contributed by atoms with Gasteiger partial charge in [-0.15, -0.1) is 0 Å². The van der Waals surface area contributed by atoms with Gasteiger partial charge in [-0.1, -0.05) is 17.7 Å². The van der Waals surface area contributed by atoms with E-state index in [-0.39, 0.29) is 24.5 Å².